The number of aromatic amines is 1. The Hall–Kier alpha value is -4.19. The molecule has 2 aliphatic rings. The Morgan fingerprint density at radius 1 is 0.969 bits per heavy atom. The number of hydrogen-bond acceptors (Lipinski definition) is 4. The molecule has 0 bridgehead atoms. The van der Waals surface area contributed by atoms with Gasteiger partial charge in [-0.05, 0) is 61.9 Å². The second-order valence-electron chi connectivity index (χ2n) is 7.50. The van der Waals surface area contributed by atoms with Crippen LogP contribution in [0.4, 0.5) is 21.5 Å². The highest BCUT2D eigenvalue weighted by Crippen LogP contribution is 2.27. The SMILES string of the molecule is C=C(Nc1ccc(F)cc1)Nc1ccc(C)c(/N=C(\C)c2c3cccccc-3[nH]c2=O)c1. The van der Waals surface area contributed by atoms with E-state index in [-0.39, 0.29) is 11.4 Å². The molecule has 0 saturated carbocycles. The van der Waals surface area contributed by atoms with E-state index in [0.29, 0.717) is 17.1 Å². The number of aryl methyl sites for hydroxylation is 1. The van der Waals surface area contributed by atoms with Gasteiger partial charge >= 0.3 is 0 Å². The van der Waals surface area contributed by atoms with E-state index in [1.807, 2.05) is 62.4 Å². The molecular weight excluding hydrogens is 403 g/mol. The first-order valence-electron chi connectivity index (χ1n) is 10.2. The van der Waals surface area contributed by atoms with Crippen molar-refractivity contribution in [1.29, 1.82) is 0 Å². The van der Waals surface area contributed by atoms with Crippen molar-refractivity contribution in [2.24, 2.45) is 4.99 Å². The van der Waals surface area contributed by atoms with Gasteiger partial charge in [-0.1, -0.05) is 36.9 Å². The monoisotopic (exact) mass is 426 g/mol. The Morgan fingerprint density at radius 3 is 2.44 bits per heavy atom. The molecule has 0 amide bonds. The maximum atomic E-state index is 13.1. The summed E-state index contributed by atoms with van der Waals surface area (Å²) < 4.78 is 13.1. The van der Waals surface area contributed by atoms with E-state index >= 15 is 0 Å². The third-order valence-corrected chi connectivity index (χ3v) is 5.08. The number of hydrogen-bond donors (Lipinski definition) is 3. The normalized spacial score (nSPS) is 11.4. The van der Waals surface area contributed by atoms with E-state index in [1.54, 1.807) is 12.1 Å². The second-order valence-corrected chi connectivity index (χ2v) is 7.50. The quantitative estimate of drug-likeness (QED) is 0.328. The van der Waals surface area contributed by atoms with Gasteiger partial charge in [-0.3, -0.25) is 9.79 Å². The number of aliphatic imine (C=N–C) groups is 1. The first-order chi connectivity index (χ1) is 15.4. The van der Waals surface area contributed by atoms with Crippen LogP contribution in [0.3, 0.4) is 0 Å². The van der Waals surface area contributed by atoms with Gasteiger partial charge in [0.15, 0.2) is 0 Å². The molecule has 0 spiro atoms. The average molecular weight is 426 g/mol. The molecule has 160 valence electrons. The summed E-state index contributed by atoms with van der Waals surface area (Å²) in [5.41, 5.74) is 5.89. The molecule has 0 saturated heterocycles. The van der Waals surface area contributed by atoms with Crippen molar-refractivity contribution in [2.75, 3.05) is 10.6 Å². The number of H-pyrrole nitrogens is 1. The lowest BCUT2D eigenvalue weighted by atomic mass is 10.1. The highest BCUT2D eigenvalue weighted by Gasteiger charge is 2.16. The highest BCUT2D eigenvalue weighted by atomic mass is 19.1. The van der Waals surface area contributed by atoms with Crippen LogP contribution in [0, 0.1) is 12.7 Å². The summed E-state index contributed by atoms with van der Waals surface area (Å²) in [6, 6.07) is 21.3. The molecule has 3 N–H and O–H groups in total. The Balaban J connectivity index is 1.59. The lowest BCUT2D eigenvalue weighted by Gasteiger charge is -2.13. The standard InChI is InChI=1S/C26H23FN4O/c1-16-9-12-21(30-18(3)29-20-13-10-19(27)11-14-20)15-24(16)28-17(2)25-22-7-5-4-6-8-23(22)31-26(25)32/h4-15,29-30H,3H2,1-2H3,(H,31,32)/b28-17+. The molecule has 5 nitrogen and oxygen atoms in total. The van der Waals surface area contributed by atoms with Crippen molar-refractivity contribution < 1.29 is 4.39 Å². The van der Waals surface area contributed by atoms with Crippen LogP contribution in [0.15, 0.2) is 95.0 Å². The lowest BCUT2D eigenvalue weighted by molar-refractivity contribution is 0.628. The molecule has 2 aromatic carbocycles. The van der Waals surface area contributed by atoms with Crippen molar-refractivity contribution in [3.8, 4) is 11.3 Å². The third-order valence-electron chi connectivity index (χ3n) is 5.08. The van der Waals surface area contributed by atoms with Gasteiger partial charge in [-0.15, -0.1) is 0 Å². The first-order valence-corrected chi connectivity index (χ1v) is 10.2. The minimum atomic E-state index is -0.296. The average Bonchev–Trinajstić information content (AvgIpc) is 2.90. The summed E-state index contributed by atoms with van der Waals surface area (Å²) in [4.78, 5) is 20.2. The van der Waals surface area contributed by atoms with E-state index in [1.165, 1.54) is 12.1 Å². The number of halogens is 1. The molecule has 32 heavy (non-hydrogen) atoms. The third kappa shape index (κ3) is 4.59. The number of nitrogens with zero attached hydrogens (tertiary/aromatic N) is 1. The summed E-state index contributed by atoms with van der Waals surface area (Å²) in [7, 11) is 0. The molecule has 4 rings (SSSR count). The number of anilines is 2. The number of aromatic nitrogens is 1. The topological polar surface area (TPSA) is 69.3 Å². The van der Waals surface area contributed by atoms with Gasteiger partial charge in [-0.25, -0.2) is 4.39 Å². The van der Waals surface area contributed by atoms with Crippen LogP contribution in [0.1, 0.15) is 18.1 Å². The van der Waals surface area contributed by atoms with Crippen LogP contribution in [0.5, 0.6) is 0 Å². The number of fused-ring (bicyclic) bond motifs is 1. The van der Waals surface area contributed by atoms with E-state index in [2.05, 4.69) is 22.2 Å². The van der Waals surface area contributed by atoms with Gasteiger partial charge < -0.3 is 15.6 Å². The minimum Gasteiger partial charge on any atom is -0.342 e. The molecular formula is C26H23FN4O. The Labute approximate surface area is 185 Å². The van der Waals surface area contributed by atoms with E-state index in [9.17, 15) is 9.18 Å². The van der Waals surface area contributed by atoms with Crippen LogP contribution in [-0.2, 0) is 0 Å². The molecule has 1 aliphatic carbocycles. The highest BCUT2D eigenvalue weighted by molar-refractivity contribution is 6.05. The van der Waals surface area contributed by atoms with Gasteiger partial charge in [0.2, 0.25) is 0 Å². The van der Waals surface area contributed by atoms with Gasteiger partial charge in [0.25, 0.3) is 5.56 Å². The smallest absolute Gasteiger partial charge is 0.258 e. The molecule has 0 fully saturated rings. The number of nitrogens with one attached hydrogen (secondary N) is 3. The fourth-order valence-electron chi connectivity index (χ4n) is 3.50. The van der Waals surface area contributed by atoms with E-state index in [0.717, 1.165) is 33.9 Å². The van der Waals surface area contributed by atoms with Crippen molar-refractivity contribution in [3.05, 3.63) is 112 Å². The molecule has 0 unspecified atom stereocenters. The van der Waals surface area contributed by atoms with Gasteiger partial charge in [0, 0.05) is 22.6 Å². The predicted molar refractivity (Wildman–Crippen MR) is 130 cm³/mol. The minimum absolute atomic E-state index is 0.156. The van der Waals surface area contributed by atoms with Crippen molar-refractivity contribution in [3.63, 3.8) is 0 Å². The second kappa shape index (κ2) is 8.89. The molecule has 6 heteroatoms. The van der Waals surface area contributed by atoms with E-state index < -0.39 is 0 Å². The fraction of sp³-hybridized carbons (Fsp3) is 0.0769. The zero-order chi connectivity index (χ0) is 22.7. The summed E-state index contributed by atoms with van der Waals surface area (Å²) in [6.07, 6.45) is 0. The van der Waals surface area contributed by atoms with Crippen LogP contribution >= 0.6 is 0 Å². The van der Waals surface area contributed by atoms with Crippen molar-refractivity contribution >= 4 is 22.8 Å². The van der Waals surface area contributed by atoms with Crippen molar-refractivity contribution in [2.45, 2.75) is 13.8 Å². The summed E-state index contributed by atoms with van der Waals surface area (Å²) >= 11 is 0. The maximum absolute atomic E-state index is 13.1. The largest absolute Gasteiger partial charge is 0.342 e. The van der Waals surface area contributed by atoms with Crippen molar-refractivity contribution in [1.82, 2.24) is 4.98 Å². The molecule has 0 atom stereocenters. The predicted octanol–water partition coefficient (Wildman–Crippen LogP) is 6.06. The zero-order valence-corrected chi connectivity index (χ0v) is 17.9. The van der Waals surface area contributed by atoms with Crippen LogP contribution < -0.4 is 16.2 Å². The fourth-order valence-corrected chi connectivity index (χ4v) is 3.50. The molecule has 0 aromatic heterocycles. The van der Waals surface area contributed by atoms with Gasteiger partial charge in [0.05, 0.1) is 17.0 Å². The molecule has 0 radical (unpaired) electrons. The molecule has 2 aromatic rings. The number of benzene rings is 2. The molecule has 1 heterocycles. The van der Waals surface area contributed by atoms with Gasteiger partial charge in [0.1, 0.15) is 11.6 Å². The Morgan fingerprint density at radius 2 is 1.66 bits per heavy atom. The first kappa shape index (κ1) is 21.1. The van der Waals surface area contributed by atoms with Crippen LogP contribution in [0.25, 0.3) is 11.3 Å². The van der Waals surface area contributed by atoms with Gasteiger partial charge in [-0.2, -0.15) is 0 Å². The van der Waals surface area contributed by atoms with E-state index in [4.69, 9.17) is 4.99 Å². The Kier molecular flexibility index (Phi) is 5.85. The Bertz CT molecular complexity index is 1340. The molecule has 1 aliphatic heterocycles. The lowest BCUT2D eigenvalue weighted by Crippen LogP contribution is -2.10. The van der Waals surface area contributed by atoms with Crippen LogP contribution in [0.2, 0.25) is 0 Å². The zero-order valence-electron chi connectivity index (χ0n) is 17.9. The van der Waals surface area contributed by atoms with Crippen LogP contribution in [-0.4, -0.2) is 10.7 Å². The summed E-state index contributed by atoms with van der Waals surface area (Å²) in [6.45, 7) is 7.78. The summed E-state index contributed by atoms with van der Waals surface area (Å²) in [5.74, 6) is 0.244. The maximum Gasteiger partial charge on any atom is 0.258 e. The number of rotatable bonds is 6. The summed E-state index contributed by atoms with van der Waals surface area (Å²) in [5, 5.41) is 6.28.